The van der Waals surface area contributed by atoms with E-state index in [1.54, 1.807) is 0 Å². The normalized spacial score (nSPS) is 11.6. The van der Waals surface area contributed by atoms with Gasteiger partial charge in [-0.1, -0.05) is 6.58 Å². The first-order valence-electron chi connectivity index (χ1n) is 7.80. The van der Waals surface area contributed by atoms with Crippen molar-refractivity contribution in [2.24, 2.45) is 0 Å². The molecule has 0 saturated carbocycles. The second-order valence-electron chi connectivity index (χ2n) is 5.21. The molecule has 0 saturated heterocycles. The molecule has 3 rings (SSSR count). The summed E-state index contributed by atoms with van der Waals surface area (Å²) in [7, 11) is 0. The molecule has 0 aromatic heterocycles. The van der Waals surface area contributed by atoms with E-state index in [1.165, 1.54) is 0 Å². The number of ether oxygens (including phenoxy) is 3. The van der Waals surface area contributed by atoms with Gasteiger partial charge in [0.1, 0.15) is 5.75 Å². The Morgan fingerprint density at radius 2 is 1.88 bits per heavy atom. The van der Waals surface area contributed by atoms with Crippen molar-refractivity contribution in [3.63, 3.8) is 0 Å². The predicted octanol–water partition coefficient (Wildman–Crippen LogP) is 3.28. The van der Waals surface area contributed by atoms with Crippen molar-refractivity contribution in [2.45, 2.75) is 6.92 Å². The van der Waals surface area contributed by atoms with E-state index < -0.39 is 0 Å². The van der Waals surface area contributed by atoms with Crippen molar-refractivity contribution in [3.8, 4) is 17.2 Å². The van der Waals surface area contributed by atoms with Crippen molar-refractivity contribution in [1.82, 2.24) is 10.9 Å². The van der Waals surface area contributed by atoms with Crippen molar-refractivity contribution in [3.05, 3.63) is 54.6 Å². The first-order valence-corrected chi connectivity index (χ1v) is 8.21. The van der Waals surface area contributed by atoms with Crippen molar-refractivity contribution < 1.29 is 14.2 Å². The van der Waals surface area contributed by atoms with E-state index in [0.717, 1.165) is 22.7 Å². The van der Waals surface area contributed by atoms with Crippen molar-refractivity contribution >= 4 is 28.7 Å². The van der Waals surface area contributed by atoms with E-state index in [0.29, 0.717) is 23.2 Å². The molecule has 6 nitrogen and oxygen atoms in total. The van der Waals surface area contributed by atoms with Crippen molar-refractivity contribution in [1.29, 1.82) is 0 Å². The minimum atomic E-state index is 0.243. The SMILES string of the molecule is C=C(NNC(=S)Nc1ccc(OCC)cc1)c1ccc2c(c1)OCO2. The second kappa shape index (κ2) is 7.76. The largest absolute Gasteiger partial charge is 0.494 e. The van der Waals surface area contributed by atoms with Gasteiger partial charge in [-0.05, 0) is 61.6 Å². The summed E-state index contributed by atoms with van der Waals surface area (Å²) < 4.78 is 16.1. The van der Waals surface area contributed by atoms with E-state index in [2.05, 4.69) is 22.7 Å². The summed E-state index contributed by atoms with van der Waals surface area (Å²) in [5.41, 5.74) is 8.27. The molecule has 2 aromatic carbocycles. The van der Waals surface area contributed by atoms with Gasteiger partial charge in [-0.25, -0.2) is 0 Å². The maximum Gasteiger partial charge on any atom is 0.231 e. The summed E-state index contributed by atoms with van der Waals surface area (Å²) in [6, 6.07) is 13.2. The number of fused-ring (bicyclic) bond motifs is 1. The number of benzene rings is 2. The summed E-state index contributed by atoms with van der Waals surface area (Å²) >= 11 is 5.27. The van der Waals surface area contributed by atoms with Gasteiger partial charge in [0.25, 0.3) is 0 Å². The highest BCUT2D eigenvalue weighted by atomic mass is 32.1. The molecular weight excluding hydrogens is 338 g/mol. The van der Waals surface area contributed by atoms with E-state index in [-0.39, 0.29) is 6.79 Å². The van der Waals surface area contributed by atoms with Crippen LogP contribution in [0.3, 0.4) is 0 Å². The van der Waals surface area contributed by atoms with E-state index in [1.807, 2.05) is 49.4 Å². The number of nitrogens with one attached hydrogen (secondary N) is 3. The number of anilines is 1. The Bertz CT molecular complexity index is 778. The van der Waals surface area contributed by atoms with Gasteiger partial charge < -0.3 is 19.5 Å². The lowest BCUT2D eigenvalue weighted by Crippen LogP contribution is -2.38. The third-order valence-corrected chi connectivity index (χ3v) is 3.68. The average Bonchev–Trinajstić information content (AvgIpc) is 3.09. The molecule has 2 aromatic rings. The van der Waals surface area contributed by atoms with E-state index in [9.17, 15) is 0 Å². The number of hydrazine groups is 1. The van der Waals surface area contributed by atoms with Gasteiger partial charge >= 0.3 is 0 Å². The Hall–Kier alpha value is -2.93. The minimum Gasteiger partial charge on any atom is -0.494 e. The minimum absolute atomic E-state index is 0.243. The highest BCUT2D eigenvalue weighted by molar-refractivity contribution is 7.80. The number of thiocarbonyl (C=S) groups is 1. The van der Waals surface area contributed by atoms with Gasteiger partial charge in [-0.15, -0.1) is 0 Å². The van der Waals surface area contributed by atoms with Gasteiger partial charge in [0.05, 0.1) is 12.3 Å². The molecule has 0 spiro atoms. The van der Waals surface area contributed by atoms with Gasteiger partial charge in [-0.2, -0.15) is 0 Å². The molecule has 0 bridgehead atoms. The topological polar surface area (TPSA) is 63.8 Å². The van der Waals surface area contributed by atoms with Gasteiger partial charge in [0.15, 0.2) is 16.6 Å². The molecule has 0 radical (unpaired) electrons. The maximum atomic E-state index is 5.41. The van der Waals surface area contributed by atoms with Crippen LogP contribution < -0.4 is 30.4 Å². The van der Waals surface area contributed by atoms with Crippen LogP contribution in [0.4, 0.5) is 5.69 Å². The van der Waals surface area contributed by atoms with Crippen LogP contribution in [-0.4, -0.2) is 18.5 Å². The lowest BCUT2D eigenvalue weighted by molar-refractivity contribution is 0.174. The first-order chi connectivity index (χ1) is 12.2. The van der Waals surface area contributed by atoms with Crippen LogP contribution in [-0.2, 0) is 0 Å². The lowest BCUT2D eigenvalue weighted by atomic mass is 10.1. The molecular formula is C18H19N3O3S. The summed E-state index contributed by atoms with van der Waals surface area (Å²) in [4.78, 5) is 0. The van der Waals surface area contributed by atoms with Crippen LogP contribution >= 0.6 is 12.2 Å². The average molecular weight is 357 g/mol. The molecule has 130 valence electrons. The fourth-order valence-electron chi connectivity index (χ4n) is 2.25. The molecule has 0 amide bonds. The highest BCUT2D eigenvalue weighted by Gasteiger charge is 2.14. The summed E-state index contributed by atoms with van der Waals surface area (Å²) in [5.74, 6) is 2.26. The quantitative estimate of drug-likeness (QED) is 0.542. The standard InChI is InChI=1S/C18H19N3O3S/c1-3-22-15-7-5-14(6-8-15)19-18(25)21-20-12(2)13-4-9-16-17(10-13)24-11-23-16/h4-10,20H,2-3,11H2,1H3,(H2,19,21,25). The number of rotatable bonds is 6. The predicted molar refractivity (Wildman–Crippen MR) is 102 cm³/mol. The molecule has 1 heterocycles. The van der Waals surface area contributed by atoms with Crippen LogP contribution in [0, 0.1) is 0 Å². The van der Waals surface area contributed by atoms with Crippen LogP contribution in [0.25, 0.3) is 5.70 Å². The summed E-state index contributed by atoms with van der Waals surface area (Å²) in [6.07, 6.45) is 0. The first kappa shape index (κ1) is 16.9. The van der Waals surface area contributed by atoms with Crippen LogP contribution in [0.1, 0.15) is 12.5 Å². The monoisotopic (exact) mass is 357 g/mol. The molecule has 3 N–H and O–H groups in total. The fraction of sp³-hybridized carbons (Fsp3) is 0.167. The molecule has 7 heteroatoms. The third kappa shape index (κ3) is 4.33. The van der Waals surface area contributed by atoms with E-state index in [4.69, 9.17) is 26.4 Å². The molecule has 0 unspecified atom stereocenters. The van der Waals surface area contributed by atoms with Gasteiger partial charge in [0, 0.05) is 11.3 Å². The highest BCUT2D eigenvalue weighted by Crippen LogP contribution is 2.33. The molecule has 1 aliphatic rings. The number of hydrogen-bond donors (Lipinski definition) is 3. The smallest absolute Gasteiger partial charge is 0.231 e. The molecule has 0 atom stereocenters. The zero-order valence-electron chi connectivity index (χ0n) is 13.8. The fourth-order valence-corrected chi connectivity index (χ4v) is 2.42. The summed E-state index contributed by atoms with van der Waals surface area (Å²) in [5, 5.41) is 3.50. The Kier molecular flexibility index (Phi) is 5.25. The summed E-state index contributed by atoms with van der Waals surface area (Å²) in [6.45, 7) is 6.82. The number of hydrogen-bond acceptors (Lipinski definition) is 5. The van der Waals surface area contributed by atoms with Gasteiger partial charge in [0.2, 0.25) is 6.79 Å². The third-order valence-electron chi connectivity index (χ3n) is 3.47. The molecule has 0 aliphatic carbocycles. The van der Waals surface area contributed by atoms with Crippen molar-refractivity contribution in [2.75, 3.05) is 18.7 Å². The van der Waals surface area contributed by atoms with Gasteiger partial charge in [-0.3, -0.25) is 10.9 Å². The molecule has 25 heavy (non-hydrogen) atoms. The Labute approximate surface area is 151 Å². The zero-order chi connectivity index (χ0) is 17.6. The van der Waals surface area contributed by atoms with E-state index >= 15 is 0 Å². The zero-order valence-corrected chi connectivity index (χ0v) is 14.6. The molecule has 0 fully saturated rings. The Morgan fingerprint density at radius 1 is 1.12 bits per heavy atom. The van der Waals surface area contributed by atoms with Crippen LogP contribution in [0.2, 0.25) is 0 Å². The molecule has 1 aliphatic heterocycles. The maximum absolute atomic E-state index is 5.41. The lowest BCUT2D eigenvalue weighted by Gasteiger charge is -2.15. The van der Waals surface area contributed by atoms with Crippen LogP contribution in [0.5, 0.6) is 17.2 Å². The van der Waals surface area contributed by atoms with Crippen LogP contribution in [0.15, 0.2) is 49.0 Å². The Morgan fingerprint density at radius 3 is 2.64 bits per heavy atom. The Balaban J connectivity index is 1.50. The second-order valence-corrected chi connectivity index (χ2v) is 5.62.